The van der Waals surface area contributed by atoms with Gasteiger partial charge in [0.2, 0.25) is 5.95 Å². The lowest BCUT2D eigenvalue weighted by Gasteiger charge is -2.57. The summed E-state index contributed by atoms with van der Waals surface area (Å²) in [4.78, 5) is 13.9. The van der Waals surface area contributed by atoms with E-state index in [1.165, 1.54) is 30.8 Å². The van der Waals surface area contributed by atoms with Crippen molar-refractivity contribution in [2.75, 3.05) is 43.1 Å². The number of halogens is 1. The molecule has 0 radical (unpaired) electrons. The Morgan fingerprint density at radius 3 is 2.67 bits per heavy atom. The van der Waals surface area contributed by atoms with E-state index >= 15 is 0 Å². The van der Waals surface area contributed by atoms with Crippen molar-refractivity contribution in [2.45, 2.75) is 45.1 Å². The van der Waals surface area contributed by atoms with Crippen molar-refractivity contribution in [3.05, 3.63) is 23.5 Å². The van der Waals surface area contributed by atoms with Gasteiger partial charge in [0.1, 0.15) is 10.8 Å². The molecule has 0 amide bonds. The molecule has 2 aliphatic heterocycles. The van der Waals surface area contributed by atoms with E-state index in [2.05, 4.69) is 24.5 Å². The van der Waals surface area contributed by atoms with Crippen LogP contribution in [0.2, 0.25) is 0 Å². The zero-order valence-electron chi connectivity index (χ0n) is 16.0. The standard InChI is InChI=1S/C19H27FN6S/c1-14-11-21-18(22-16-10-15(2)24-27-16)23-17(14)25-12-19(13-25,6-7-20)26-8-4-3-5-9-26/h10-11H,3-9,12-13H2,1-2H3,(H,21,22,23). The van der Waals surface area contributed by atoms with Crippen LogP contribution in [0.15, 0.2) is 12.3 Å². The first-order valence-electron chi connectivity index (χ1n) is 9.70. The molecule has 2 aromatic rings. The number of rotatable bonds is 6. The number of anilines is 3. The third-order valence-corrected chi connectivity index (χ3v) is 6.46. The summed E-state index contributed by atoms with van der Waals surface area (Å²) < 4.78 is 17.6. The van der Waals surface area contributed by atoms with Crippen molar-refractivity contribution in [1.29, 1.82) is 0 Å². The van der Waals surface area contributed by atoms with Crippen LogP contribution in [0.25, 0.3) is 0 Å². The summed E-state index contributed by atoms with van der Waals surface area (Å²) in [6, 6.07) is 1.99. The molecule has 0 spiro atoms. The van der Waals surface area contributed by atoms with Gasteiger partial charge in [-0.2, -0.15) is 9.36 Å². The molecule has 0 unspecified atom stereocenters. The highest BCUT2D eigenvalue weighted by Gasteiger charge is 2.48. The first-order valence-corrected chi connectivity index (χ1v) is 10.5. The Kier molecular flexibility index (Phi) is 5.27. The molecule has 0 aromatic carbocycles. The number of aromatic nitrogens is 3. The molecule has 0 aliphatic carbocycles. The highest BCUT2D eigenvalue weighted by molar-refractivity contribution is 7.10. The van der Waals surface area contributed by atoms with Crippen LogP contribution in [-0.2, 0) is 0 Å². The third-order valence-electron chi connectivity index (χ3n) is 5.66. The van der Waals surface area contributed by atoms with Crippen LogP contribution in [0.4, 0.5) is 21.2 Å². The lowest BCUT2D eigenvalue weighted by molar-refractivity contribution is 0.0280. The quantitative estimate of drug-likeness (QED) is 0.812. The highest BCUT2D eigenvalue weighted by Crippen LogP contribution is 2.37. The monoisotopic (exact) mass is 390 g/mol. The van der Waals surface area contributed by atoms with Crippen molar-refractivity contribution in [2.24, 2.45) is 0 Å². The highest BCUT2D eigenvalue weighted by atomic mass is 32.1. The summed E-state index contributed by atoms with van der Waals surface area (Å²) in [5, 5.41) is 4.18. The molecule has 4 rings (SSSR count). The number of likely N-dealkylation sites (tertiary alicyclic amines) is 1. The fourth-order valence-corrected chi connectivity index (χ4v) is 4.88. The van der Waals surface area contributed by atoms with E-state index < -0.39 is 0 Å². The maximum Gasteiger partial charge on any atom is 0.229 e. The minimum Gasteiger partial charge on any atom is -0.352 e. The van der Waals surface area contributed by atoms with Crippen LogP contribution in [0, 0.1) is 13.8 Å². The van der Waals surface area contributed by atoms with E-state index in [0.717, 1.165) is 48.3 Å². The van der Waals surface area contributed by atoms with Crippen LogP contribution in [0.5, 0.6) is 0 Å². The molecule has 4 heterocycles. The zero-order valence-corrected chi connectivity index (χ0v) is 16.9. The molecule has 2 aliphatic rings. The maximum atomic E-state index is 13.3. The van der Waals surface area contributed by atoms with Crippen LogP contribution in [-0.4, -0.2) is 57.6 Å². The fourth-order valence-electron chi connectivity index (χ4n) is 4.22. The maximum absolute atomic E-state index is 13.3. The van der Waals surface area contributed by atoms with E-state index in [1.54, 1.807) is 0 Å². The molecule has 1 N–H and O–H groups in total. The lowest BCUT2D eigenvalue weighted by atomic mass is 9.83. The molecule has 146 valence electrons. The topological polar surface area (TPSA) is 57.2 Å². The Hall–Kier alpha value is -1.80. The Morgan fingerprint density at radius 1 is 1.22 bits per heavy atom. The van der Waals surface area contributed by atoms with Crippen LogP contribution in [0.3, 0.4) is 0 Å². The molecular formula is C19H27FN6S. The SMILES string of the molecule is Cc1cc(Nc2ncc(C)c(N3CC(CCF)(N4CCCCC4)C3)n2)sn1. The largest absolute Gasteiger partial charge is 0.352 e. The van der Waals surface area contributed by atoms with E-state index in [1.807, 2.05) is 26.1 Å². The Labute approximate surface area is 164 Å². The molecule has 2 aromatic heterocycles. The first-order chi connectivity index (χ1) is 13.1. The summed E-state index contributed by atoms with van der Waals surface area (Å²) in [7, 11) is 0. The van der Waals surface area contributed by atoms with Gasteiger partial charge < -0.3 is 10.2 Å². The summed E-state index contributed by atoms with van der Waals surface area (Å²) in [6.07, 6.45) is 6.21. The average molecular weight is 391 g/mol. The van der Waals surface area contributed by atoms with Crippen molar-refractivity contribution in [3.8, 4) is 0 Å². The van der Waals surface area contributed by atoms with E-state index in [4.69, 9.17) is 4.98 Å². The first kappa shape index (κ1) is 18.6. The molecule has 27 heavy (non-hydrogen) atoms. The second-order valence-electron chi connectivity index (χ2n) is 7.72. The fraction of sp³-hybridized carbons (Fsp3) is 0.632. The van der Waals surface area contributed by atoms with Gasteiger partial charge in [-0.15, -0.1) is 0 Å². The van der Waals surface area contributed by atoms with Gasteiger partial charge in [0.25, 0.3) is 0 Å². The number of alkyl halides is 1. The van der Waals surface area contributed by atoms with Gasteiger partial charge in [0, 0.05) is 24.8 Å². The van der Waals surface area contributed by atoms with E-state index in [9.17, 15) is 4.39 Å². The number of hydrogen-bond donors (Lipinski definition) is 1. The van der Waals surface area contributed by atoms with Crippen molar-refractivity contribution in [1.82, 2.24) is 19.2 Å². The van der Waals surface area contributed by atoms with Gasteiger partial charge >= 0.3 is 0 Å². The van der Waals surface area contributed by atoms with Crippen LogP contribution in [0.1, 0.15) is 36.9 Å². The molecule has 0 saturated carbocycles. The lowest BCUT2D eigenvalue weighted by Crippen LogP contribution is -2.71. The predicted octanol–water partition coefficient (Wildman–Crippen LogP) is 3.70. The summed E-state index contributed by atoms with van der Waals surface area (Å²) >= 11 is 1.40. The summed E-state index contributed by atoms with van der Waals surface area (Å²) in [5.74, 6) is 1.53. The summed E-state index contributed by atoms with van der Waals surface area (Å²) in [5.41, 5.74) is 2.00. The van der Waals surface area contributed by atoms with Gasteiger partial charge in [-0.3, -0.25) is 9.29 Å². The summed E-state index contributed by atoms with van der Waals surface area (Å²) in [6.45, 7) is 7.61. The van der Waals surface area contributed by atoms with Crippen LogP contribution < -0.4 is 10.2 Å². The molecule has 8 heteroatoms. The smallest absolute Gasteiger partial charge is 0.229 e. The third kappa shape index (κ3) is 3.78. The minimum absolute atomic E-state index is 0.0328. The Bertz CT molecular complexity index is 782. The molecule has 2 saturated heterocycles. The second-order valence-corrected chi connectivity index (χ2v) is 8.53. The molecule has 0 atom stereocenters. The average Bonchev–Trinajstić information content (AvgIpc) is 3.05. The Balaban J connectivity index is 1.49. The van der Waals surface area contributed by atoms with Gasteiger partial charge in [-0.1, -0.05) is 6.42 Å². The van der Waals surface area contributed by atoms with Gasteiger partial charge in [-0.25, -0.2) is 4.98 Å². The van der Waals surface area contributed by atoms with Gasteiger partial charge in [0.05, 0.1) is 17.9 Å². The number of nitrogens with one attached hydrogen (secondary N) is 1. The zero-order chi connectivity index (χ0) is 18.9. The number of aryl methyl sites for hydroxylation is 2. The Morgan fingerprint density at radius 2 is 2.00 bits per heavy atom. The van der Waals surface area contributed by atoms with E-state index in [-0.39, 0.29) is 12.2 Å². The van der Waals surface area contributed by atoms with Gasteiger partial charge in [-0.05, 0) is 63.8 Å². The molecule has 2 fully saturated rings. The molecular weight excluding hydrogens is 363 g/mol. The van der Waals surface area contributed by atoms with Crippen LogP contribution >= 0.6 is 11.5 Å². The number of piperidine rings is 1. The number of nitrogens with zero attached hydrogens (tertiary/aromatic N) is 5. The van der Waals surface area contributed by atoms with Crippen molar-refractivity contribution >= 4 is 28.3 Å². The van der Waals surface area contributed by atoms with Crippen molar-refractivity contribution < 1.29 is 4.39 Å². The van der Waals surface area contributed by atoms with Gasteiger partial charge in [0.15, 0.2) is 0 Å². The minimum atomic E-state index is -0.259. The van der Waals surface area contributed by atoms with Crippen molar-refractivity contribution in [3.63, 3.8) is 0 Å². The predicted molar refractivity (Wildman–Crippen MR) is 108 cm³/mol. The second kappa shape index (κ2) is 7.67. The van der Waals surface area contributed by atoms with E-state index in [0.29, 0.717) is 12.4 Å². The molecule has 6 nitrogen and oxygen atoms in total. The molecule has 0 bridgehead atoms. The normalized spacial score (nSPS) is 19.7. The number of hydrogen-bond acceptors (Lipinski definition) is 7.